The molecule has 0 spiro atoms. The lowest BCUT2D eigenvalue weighted by Crippen LogP contribution is -2.42. The first-order valence-electron chi connectivity index (χ1n) is 9.18. The molecule has 2 atom stereocenters. The summed E-state index contributed by atoms with van der Waals surface area (Å²) >= 11 is 0. The Kier molecular flexibility index (Phi) is 5.62. The van der Waals surface area contributed by atoms with Crippen LogP contribution in [-0.2, 0) is 16.6 Å². The van der Waals surface area contributed by atoms with Crippen LogP contribution in [0.15, 0.2) is 12.4 Å². The first kappa shape index (κ1) is 17.9. The molecule has 1 N–H and O–H groups in total. The summed E-state index contributed by atoms with van der Waals surface area (Å²) in [4.78, 5) is 6.69. The van der Waals surface area contributed by atoms with Gasteiger partial charge >= 0.3 is 0 Å². The van der Waals surface area contributed by atoms with Gasteiger partial charge in [0.1, 0.15) is 5.82 Å². The molecule has 1 aromatic heterocycles. The zero-order valence-electron chi connectivity index (χ0n) is 14.8. The zero-order valence-corrected chi connectivity index (χ0v) is 15.6. The topological polar surface area (TPSA) is 67.2 Å². The van der Waals surface area contributed by atoms with E-state index in [1.807, 2.05) is 26.2 Å². The SMILES string of the molecule is CCCS(=O)(=O)N[C@@H]1CN(CCCn2ccnc2C)C[C@H]1C1CC1. The summed E-state index contributed by atoms with van der Waals surface area (Å²) in [5.41, 5.74) is 0. The highest BCUT2D eigenvalue weighted by atomic mass is 32.2. The van der Waals surface area contributed by atoms with E-state index in [0.29, 0.717) is 12.3 Å². The van der Waals surface area contributed by atoms with E-state index in [9.17, 15) is 8.42 Å². The number of rotatable bonds is 9. The number of aryl methyl sites for hydroxylation is 2. The quantitative estimate of drug-likeness (QED) is 0.732. The Morgan fingerprint density at radius 3 is 2.71 bits per heavy atom. The van der Waals surface area contributed by atoms with E-state index in [0.717, 1.165) is 44.3 Å². The van der Waals surface area contributed by atoms with E-state index in [2.05, 4.69) is 19.2 Å². The number of aromatic nitrogens is 2. The number of hydrogen-bond donors (Lipinski definition) is 1. The van der Waals surface area contributed by atoms with Crippen molar-refractivity contribution in [1.29, 1.82) is 0 Å². The number of likely N-dealkylation sites (tertiary alicyclic amines) is 1. The van der Waals surface area contributed by atoms with Gasteiger partial charge in [-0.25, -0.2) is 18.1 Å². The lowest BCUT2D eigenvalue weighted by atomic mass is 9.99. The Hall–Kier alpha value is -0.920. The third-order valence-electron chi connectivity index (χ3n) is 5.27. The van der Waals surface area contributed by atoms with Gasteiger partial charge in [0.2, 0.25) is 10.0 Å². The molecular formula is C17H30N4O2S. The zero-order chi connectivity index (χ0) is 17.2. The van der Waals surface area contributed by atoms with Crippen LogP contribution >= 0.6 is 0 Å². The number of hydrogen-bond acceptors (Lipinski definition) is 4. The smallest absolute Gasteiger partial charge is 0.211 e. The molecule has 0 aromatic carbocycles. The second kappa shape index (κ2) is 7.54. The summed E-state index contributed by atoms with van der Waals surface area (Å²) in [6, 6.07) is 0.101. The summed E-state index contributed by atoms with van der Waals surface area (Å²) in [6.07, 6.45) is 8.13. The highest BCUT2D eigenvalue weighted by Gasteiger charge is 2.43. The van der Waals surface area contributed by atoms with Crippen LogP contribution in [0.1, 0.15) is 38.4 Å². The summed E-state index contributed by atoms with van der Waals surface area (Å²) in [5.74, 6) is 2.50. The van der Waals surface area contributed by atoms with Crippen molar-refractivity contribution in [3.8, 4) is 0 Å². The number of sulfonamides is 1. The Balaban J connectivity index is 1.52. The van der Waals surface area contributed by atoms with Crippen LogP contribution in [0.4, 0.5) is 0 Å². The number of nitrogens with one attached hydrogen (secondary N) is 1. The van der Waals surface area contributed by atoms with Gasteiger partial charge in [-0.2, -0.15) is 0 Å². The molecule has 2 heterocycles. The molecule has 6 nitrogen and oxygen atoms in total. The standard InChI is InChI=1S/C17H30N4O2S/c1-3-11-24(22,23)19-17-13-20(12-16(17)15-5-6-15)8-4-9-21-10-7-18-14(21)2/h7,10,15-17,19H,3-6,8-9,11-13H2,1-2H3/t16-,17+/m0/s1. The van der Waals surface area contributed by atoms with Gasteiger partial charge in [-0.3, -0.25) is 0 Å². The van der Waals surface area contributed by atoms with Crippen molar-refractivity contribution in [3.05, 3.63) is 18.2 Å². The average molecular weight is 355 g/mol. The van der Waals surface area contributed by atoms with Crippen molar-refractivity contribution >= 4 is 10.0 Å². The molecule has 2 fully saturated rings. The molecule has 1 aliphatic heterocycles. The minimum Gasteiger partial charge on any atom is -0.335 e. The average Bonchev–Trinajstić information content (AvgIpc) is 3.16. The third-order valence-corrected chi connectivity index (χ3v) is 6.88. The lowest BCUT2D eigenvalue weighted by molar-refractivity contribution is 0.305. The highest BCUT2D eigenvalue weighted by Crippen LogP contribution is 2.41. The van der Waals surface area contributed by atoms with E-state index in [-0.39, 0.29) is 11.8 Å². The second-order valence-electron chi connectivity index (χ2n) is 7.33. The molecule has 0 radical (unpaired) electrons. The van der Waals surface area contributed by atoms with Gasteiger partial charge in [0.15, 0.2) is 0 Å². The first-order valence-corrected chi connectivity index (χ1v) is 10.8. The van der Waals surface area contributed by atoms with Gasteiger partial charge in [-0.05, 0) is 51.0 Å². The predicted octanol–water partition coefficient (Wildman–Crippen LogP) is 1.62. The van der Waals surface area contributed by atoms with E-state index in [4.69, 9.17) is 0 Å². The molecule has 1 saturated carbocycles. The van der Waals surface area contributed by atoms with Crippen LogP contribution in [0.5, 0.6) is 0 Å². The Labute approximate surface area is 145 Å². The van der Waals surface area contributed by atoms with Crippen LogP contribution in [0.25, 0.3) is 0 Å². The number of nitrogens with zero attached hydrogens (tertiary/aromatic N) is 3. The van der Waals surface area contributed by atoms with Crippen LogP contribution in [0.2, 0.25) is 0 Å². The van der Waals surface area contributed by atoms with Crippen molar-refractivity contribution in [2.45, 2.75) is 52.1 Å². The van der Waals surface area contributed by atoms with Crippen molar-refractivity contribution in [2.75, 3.05) is 25.4 Å². The summed E-state index contributed by atoms with van der Waals surface area (Å²) in [7, 11) is -3.13. The van der Waals surface area contributed by atoms with Crippen LogP contribution < -0.4 is 4.72 Å². The first-order chi connectivity index (χ1) is 11.5. The third kappa shape index (κ3) is 4.58. The van der Waals surface area contributed by atoms with Crippen LogP contribution in [-0.4, -0.2) is 54.3 Å². The molecule has 1 saturated heterocycles. The molecule has 136 valence electrons. The largest absolute Gasteiger partial charge is 0.335 e. The Morgan fingerprint density at radius 2 is 2.08 bits per heavy atom. The Morgan fingerprint density at radius 1 is 1.29 bits per heavy atom. The summed E-state index contributed by atoms with van der Waals surface area (Å²) in [5, 5.41) is 0. The molecule has 2 aliphatic rings. The van der Waals surface area contributed by atoms with E-state index in [1.165, 1.54) is 12.8 Å². The molecule has 0 bridgehead atoms. The highest BCUT2D eigenvalue weighted by molar-refractivity contribution is 7.89. The molecule has 24 heavy (non-hydrogen) atoms. The summed E-state index contributed by atoms with van der Waals surface area (Å²) in [6.45, 7) is 7.82. The monoisotopic (exact) mass is 354 g/mol. The molecule has 1 aliphatic carbocycles. The van der Waals surface area contributed by atoms with Gasteiger partial charge < -0.3 is 9.47 Å². The predicted molar refractivity (Wildman–Crippen MR) is 95.2 cm³/mol. The van der Waals surface area contributed by atoms with E-state index < -0.39 is 10.0 Å². The molecular weight excluding hydrogens is 324 g/mol. The van der Waals surface area contributed by atoms with Crippen molar-refractivity contribution in [1.82, 2.24) is 19.2 Å². The van der Waals surface area contributed by atoms with Gasteiger partial charge in [0.25, 0.3) is 0 Å². The maximum absolute atomic E-state index is 12.1. The maximum Gasteiger partial charge on any atom is 0.211 e. The fraction of sp³-hybridized carbons (Fsp3) is 0.824. The van der Waals surface area contributed by atoms with Crippen molar-refractivity contribution in [3.63, 3.8) is 0 Å². The van der Waals surface area contributed by atoms with Crippen LogP contribution in [0.3, 0.4) is 0 Å². The minimum absolute atomic E-state index is 0.101. The fourth-order valence-electron chi connectivity index (χ4n) is 3.89. The molecule has 1 aromatic rings. The van der Waals surface area contributed by atoms with E-state index in [1.54, 1.807) is 0 Å². The summed E-state index contributed by atoms with van der Waals surface area (Å²) < 4.78 is 29.5. The van der Waals surface area contributed by atoms with Crippen LogP contribution in [0, 0.1) is 18.8 Å². The molecule has 0 amide bonds. The van der Waals surface area contributed by atoms with Gasteiger partial charge in [0.05, 0.1) is 5.75 Å². The van der Waals surface area contributed by atoms with Gasteiger partial charge in [0, 0.05) is 38.1 Å². The lowest BCUT2D eigenvalue weighted by Gasteiger charge is -2.19. The minimum atomic E-state index is -3.13. The maximum atomic E-state index is 12.1. The van der Waals surface area contributed by atoms with Gasteiger partial charge in [-0.1, -0.05) is 6.92 Å². The van der Waals surface area contributed by atoms with E-state index >= 15 is 0 Å². The van der Waals surface area contributed by atoms with Crippen molar-refractivity contribution < 1.29 is 8.42 Å². The number of imidazole rings is 1. The molecule has 0 unspecified atom stereocenters. The fourth-order valence-corrected chi connectivity index (χ4v) is 5.25. The van der Waals surface area contributed by atoms with Crippen molar-refractivity contribution in [2.24, 2.45) is 11.8 Å². The Bertz CT molecular complexity index is 639. The molecule has 3 rings (SSSR count). The normalized spacial score (nSPS) is 25.4. The van der Waals surface area contributed by atoms with Gasteiger partial charge in [-0.15, -0.1) is 0 Å². The molecule has 7 heteroatoms. The second-order valence-corrected chi connectivity index (χ2v) is 9.20.